The fourth-order valence-electron chi connectivity index (χ4n) is 1.25. The van der Waals surface area contributed by atoms with Crippen LogP contribution in [0.2, 0.25) is 0 Å². The Kier molecular flexibility index (Phi) is 3.42. The van der Waals surface area contributed by atoms with E-state index in [-0.39, 0.29) is 0 Å². The lowest BCUT2D eigenvalue weighted by Gasteiger charge is -2.06. The quantitative estimate of drug-likeness (QED) is 0.785. The molecule has 0 spiro atoms. The largest absolute Gasteiger partial charge is 0.456 e. The molecule has 0 saturated heterocycles. The number of ether oxygens (including phenoxy) is 1. The average molecular weight is 321 g/mol. The van der Waals surface area contributed by atoms with Gasteiger partial charge >= 0.3 is 0 Å². The van der Waals surface area contributed by atoms with Crippen molar-refractivity contribution in [2.45, 2.75) is 0 Å². The number of nitriles is 1. The normalized spacial score (nSPS) is 9.50. The molecule has 0 radical (unpaired) electrons. The van der Waals surface area contributed by atoms with Gasteiger partial charge in [-0.1, -0.05) is 12.1 Å². The van der Waals surface area contributed by atoms with Crippen LogP contribution >= 0.6 is 22.6 Å². The molecule has 0 heterocycles. The summed E-state index contributed by atoms with van der Waals surface area (Å²) in [5, 5.41) is 8.67. The van der Waals surface area contributed by atoms with Gasteiger partial charge in [-0.15, -0.1) is 0 Å². The summed E-state index contributed by atoms with van der Waals surface area (Å²) in [7, 11) is 0. The van der Waals surface area contributed by atoms with Crippen molar-refractivity contribution >= 4 is 22.6 Å². The molecule has 78 valence electrons. The molecule has 2 aromatic carbocycles. The van der Waals surface area contributed by atoms with Crippen LogP contribution in [0.25, 0.3) is 0 Å². The lowest BCUT2D eigenvalue weighted by molar-refractivity contribution is 0.479. The Morgan fingerprint density at radius 1 is 1.00 bits per heavy atom. The third kappa shape index (κ3) is 2.52. The van der Waals surface area contributed by atoms with Gasteiger partial charge in [-0.25, -0.2) is 0 Å². The summed E-state index contributed by atoms with van der Waals surface area (Å²) in [5.41, 5.74) is 0.634. The van der Waals surface area contributed by atoms with E-state index in [2.05, 4.69) is 28.7 Å². The minimum absolute atomic E-state index is 0.634. The fourth-order valence-corrected chi connectivity index (χ4v) is 1.75. The van der Waals surface area contributed by atoms with Gasteiger partial charge in [-0.05, 0) is 59.0 Å². The molecule has 2 nitrogen and oxygen atoms in total. The highest BCUT2D eigenvalue weighted by Crippen LogP contribution is 2.26. The zero-order valence-corrected chi connectivity index (χ0v) is 10.5. The fraction of sp³-hybridized carbons (Fsp3) is 0. The number of para-hydroxylation sites is 1. The van der Waals surface area contributed by atoms with Crippen molar-refractivity contribution in [2.75, 3.05) is 0 Å². The van der Waals surface area contributed by atoms with Crippen LogP contribution in [0.1, 0.15) is 5.56 Å². The van der Waals surface area contributed by atoms with Crippen LogP contribution in [-0.4, -0.2) is 0 Å². The lowest BCUT2D eigenvalue weighted by Crippen LogP contribution is -1.86. The maximum Gasteiger partial charge on any atom is 0.140 e. The summed E-state index contributed by atoms with van der Waals surface area (Å²) in [6.07, 6.45) is 0. The first-order valence-electron chi connectivity index (χ1n) is 4.72. The van der Waals surface area contributed by atoms with E-state index in [9.17, 15) is 0 Å². The Balaban J connectivity index is 2.22. The van der Waals surface area contributed by atoms with Crippen molar-refractivity contribution in [2.24, 2.45) is 0 Å². The van der Waals surface area contributed by atoms with Gasteiger partial charge in [0.25, 0.3) is 0 Å². The Bertz CT molecular complexity index is 528. The molecule has 0 aromatic heterocycles. The lowest BCUT2D eigenvalue weighted by atomic mass is 10.2. The van der Waals surface area contributed by atoms with E-state index in [1.807, 2.05) is 24.3 Å². The van der Waals surface area contributed by atoms with Crippen LogP contribution < -0.4 is 4.74 Å². The topological polar surface area (TPSA) is 33.0 Å². The van der Waals surface area contributed by atoms with Crippen molar-refractivity contribution in [3.8, 4) is 17.6 Å². The van der Waals surface area contributed by atoms with Crippen molar-refractivity contribution in [1.29, 1.82) is 5.26 Å². The Labute approximate surface area is 108 Å². The maximum absolute atomic E-state index is 8.67. The average Bonchev–Trinajstić information content (AvgIpc) is 2.33. The number of benzene rings is 2. The van der Waals surface area contributed by atoms with Gasteiger partial charge in [0.2, 0.25) is 0 Å². The molecule has 0 amide bonds. The van der Waals surface area contributed by atoms with Crippen molar-refractivity contribution in [1.82, 2.24) is 0 Å². The molecule has 2 aromatic rings. The summed E-state index contributed by atoms with van der Waals surface area (Å²) < 4.78 is 6.75. The molecule has 0 bridgehead atoms. The third-order valence-corrected chi connectivity index (χ3v) is 2.94. The highest BCUT2D eigenvalue weighted by Gasteiger charge is 2.01. The Hall–Kier alpha value is -1.54. The van der Waals surface area contributed by atoms with Crippen molar-refractivity contribution in [3.05, 3.63) is 57.7 Å². The number of hydrogen-bond donors (Lipinski definition) is 0. The molecular formula is C13H8INO. The Morgan fingerprint density at radius 2 is 1.69 bits per heavy atom. The zero-order chi connectivity index (χ0) is 11.4. The van der Waals surface area contributed by atoms with Crippen LogP contribution in [0, 0.1) is 14.9 Å². The third-order valence-electron chi connectivity index (χ3n) is 2.05. The predicted octanol–water partition coefficient (Wildman–Crippen LogP) is 3.96. The number of halogens is 1. The first kappa shape index (κ1) is 11.0. The van der Waals surface area contributed by atoms with Crippen LogP contribution in [0.15, 0.2) is 48.5 Å². The number of rotatable bonds is 2. The predicted molar refractivity (Wildman–Crippen MR) is 70.4 cm³/mol. The minimum atomic E-state index is 0.634. The summed E-state index contributed by atoms with van der Waals surface area (Å²) in [5.74, 6) is 1.57. The molecule has 16 heavy (non-hydrogen) atoms. The van der Waals surface area contributed by atoms with E-state index < -0.39 is 0 Å². The summed E-state index contributed by atoms with van der Waals surface area (Å²) >= 11 is 2.22. The smallest absolute Gasteiger partial charge is 0.140 e. The van der Waals surface area contributed by atoms with Gasteiger partial charge in [0.05, 0.1) is 15.2 Å². The van der Waals surface area contributed by atoms with Crippen LogP contribution in [0.4, 0.5) is 0 Å². The van der Waals surface area contributed by atoms with Crippen LogP contribution in [0.5, 0.6) is 11.5 Å². The first-order valence-corrected chi connectivity index (χ1v) is 5.80. The molecule has 0 aliphatic heterocycles. The standard InChI is InChI=1S/C13H8INO/c14-12-3-1-2-4-13(12)16-11-7-5-10(9-15)6-8-11/h1-8H. The molecule has 0 aliphatic carbocycles. The second-order valence-corrected chi connectivity index (χ2v) is 4.33. The van der Waals surface area contributed by atoms with E-state index in [1.165, 1.54) is 0 Å². The summed E-state index contributed by atoms with van der Waals surface area (Å²) in [6.45, 7) is 0. The maximum atomic E-state index is 8.67. The van der Waals surface area contributed by atoms with Gasteiger partial charge in [-0.2, -0.15) is 5.26 Å². The highest BCUT2D eigenvalue weighted by molar-refractivity contribution is 14.1. The van der Waals surface area contributed by atoms with Gasteiger partial charge < -0.3 is 4.74 Å². The molecule has 3 heteroatoms. The highest BCUT2D eigenvalue weighted by atomic mass is 127. The van der Waals surface area contributed by atoms with E-state index in [0.29, 0.717) is 5.56 Å². The van der Waals surface area contributed by atoms with Crippen LogP contribution in [0.3, 0.4) is 0 Å². The van der Waals surface area contributed by atoms with E-state index in [0.717, 1.165) is 15.1 Å². The summed E-state index contributed by atoms with van der Waals surface area (Å²) in [6, 6.07) is 16.9. The molecule has 0 unspecified atom stereocenters. The number of hydrogen-bond acceptors (Lipinski definition) is 2. The van der Waals surface area contributed by atoms with Crippen molar-refractivity contribution < 1.29 is 4.74 Å². The molecular weight excluding hydrogens is 313 g/mol. The van der Waals surface area contributed by atoms with Gasteiger partial charge in [0, 0.05) is 0 Å². The molecule has 2 rings (SSSR count). The monoisotopic (exact) mass is 321 g/mol. The SMILES string of the molecule is N#Cc1ccc(Oc2ccccc2I)cc1. The van der Waals surface area contributed by atoms with Gasteiger partial charge in [-0.3, -0.25) is 0 Å². The second-order valence-electron chi connectivity index (χ2n) is 3.17. The second kappa shape index (κ2) is 4.99. The van der Waals surface area contributed by atoms with Crippen molar-refractivity contribution in [3.63, 3.8) is 0 Å². The zero-order valence-electron chi connectivity index (χ0n) is 8.35. The first-order chi connectivity index (χ1) is 7.79. The van der Waals surface area contributed by atoms with Crippen LogP contribution in [-0.2, 0) is 0 Å². The molecule has 0 atom stereocenters. The minimum Gasteiger partial charge on any atom is -0.456 e. The van der Waals surface area contributed by atoms with Gasteiger partial charge in [0.1, 0.15) is 11.5 Å². The van der Waals surface area contributed by atoms with E-state index in [4.69, 9.17) is 10.00 Å². The molecule has 0 saturated carbocycles. The van der Waals surface area contributed by atoms with E-state index >= 15 is 0 Å². The molecule has 0 N–H and O–H groups in total. The molecule has 0 fully saturated rings. The van der Waals surface area contributed by atoms with Gasteiger partial charge in [0.15, 0.2) is 0 Å². The van der Waals surface area contributed by atoms with E-state index in [1.54, 1.807) is 24.3 Å². The Morgan fingerprint density at radius 3 is 2.31 bits per heavy atom. The molecule has 0 aliphatic rings. The number of nitrogens with zero attached hydrogens (tertiary/aromatic N) is 1. The summed E-state index contributed by atoms with van der Waals surface area (Å²) in [4.78, 5) is 0.